The van der Waals surface area contributed by atoms with Crippen molar-refractivity contribution >= 4 is 33.2 Å². The maximum Gasteiger partial charge on any atom is 0.293 e. The van der Waals surface area contributed by atoms with Crippen molar-refractivity contribution in [3.8, 4) is 17.2 Å². The Labute approximate surface area is 214 Å². The largest absolute Gasteiger partial charge is 0.493 e. The molecule has 0 saturated carbocycles. The van der Waals surface area contributed by atoms with Crippen LogP contribution in [0.25, 0.3) is 21.8 Å². The molecule has 10 nitrogen and oxygen atoms in total. The molecule has 1 N–H and O–H groups in total. The lowest BCUT2D eigenvalue weighted by Gasteiger charge is -2.19. The predicted octanol–water partition coefficient (Wildman–Crippen LogP) is 4.26. The molecule has 37 heavy (non-hydrogen) atoms. The van der Waals surface area contributed by atoms with Crippen molar-refractivity contribution in [1.29, 1.82) is 0 Å². The van der Waals surface area contributed by atoms with Crippen LogP contribution in [0.5, 0.6) is 17.2 Å². The van der Waals surface area contributed by atoms with Crippen LogP contribution in [-0.4, -0.2) is 56.4 Å². The van der Waals surface area contributed by atoms with E-state index in [0.29, 0.717) is 64.4 Å². The fraction of sp³-hybridized carbons (Fsp3) is 0.296. The van der Waals surface area contributed by atoms with Crippen molar-refractivity contribution in [3.05, 3.63) is 74.4 Å². The number of pyridine rings is 1. The van der Waals surface area contributed by atoms with Gasteiger partial charge >= 0.3 is 0 Å². The maximum atomic E-state index is 13.7. The minimum atomic E-state index is -0.438. The van der Waals surface area contributed by atoms with Crippen LogP contribution in [0.1, 0.15) is 5.56 Å². The topological polar surface area (TPSA) is 108 Å². The second-order valence-electron chi connectivity index (χ2n) is 8.80. The number of methoxy groups -OCH3 is 3. The highest BCUT2D eigenvalue weighted by atomic mass is 16.6. The number of nitro groups is 1. The van der Waals surface area contributed by atoms with Crippen LogP contribution in [-0.2, 0) is 13.1 Å². The summed E-state index contributed by atoms with van der Waals surface area (Å²) in [6.45, 7) is 1.49. The van der Waals surface area contributed by atoms with E-state index < -0.39 is 4.92 Å². The number of nitrogens with zero attached hydrogens (tertiary/aromatic N) is 3. The van der Waals surface area contributed by atoms with Gasteiger partial charge in [0.2, 0.25) is 5.75 Å². The van der Waals surface area contributed by atoms with E-state index in [1.165, 1.54) is 6.07 Å². The van der Waals surface area contributed by atoms with Gasteiger partial charge in [-0.1, -0.05) is 12.1 Å². The molecular formula is C27H30N4O6. The summed E-state index contributed by atoms with van der Waals surface area (Å²) in [5.41, 5.74) is 2.09. The lowest BCUT2D eigenvalue weighted by molar-refractivity contribution is -0.383. The minimum absolute atomic E-state index is 0.0916. The average Bonchev–Trinajstić information content (AvgIpc) is 2.90. The van der Waals surface area contributed by atoms with Crippen LogP contribution in [0, 0.1) is 10.1 Å². The van der Waals surface area contributed by atoms with Gasteiger partial charge in [0.1, 0.15) is 5.52 Å². The molecule has 1 heterocycles. The van der Waals surface area contributed by atoms with Gasteiger partial charge in [0.15, 0.2) is 16.9 Å². The monoisotopic (exact) mass is 506 g/mol. The van der Waals surface area contributed by atoms with Gasteiger partial charge < -0.3 is 29.0 Å². The highest BCUT2D eigenvalue weighted by molar-refractivity contribution is 6.02. The number of nitro benzene ring substituents is 1. The van der Waals surface area contributed by atoms with Crippen molar-refractivity contribution in [1.82, 2.24) is 9.47 Å². The average molecular weight is 507 g/mol. The molecule has 3 aromatic carbocycles. The zero-order valence-electron chi connectivity index (χ0n) is 21.5. The molecular weight excluding hydrogens is 476 g/mol. The van der Waals surface area contributed by atoms with E-state index in [9.17, 15) is 14.9 Å². The molecule has 0 unspecified atom stereocenters. The molecule has 0 spiro atoms. The number of hydrogen-bond donors (Lipinski definition) is 1. The number of non-ortho nitro benzene ring substituents is 1. The van der Waals surface area contributed by atoms with E-state index >= 15 is 0 Å². The second-order valence-corrected chi connectivity index (χ2v) is 8.80. The first-order chi connectivity index (χ1) is 17.8. The van der Waals surface area contributed by atoms with Gasteiger partial charge in [-0.05, 0) is 50.0 Å². The van der Waals surface area contributed by atoms with Crippen LogP contribution in [0.2, 0.25) is 0 Å². The normalized spacial score (nSPS) is 11.2. The van der Waals surface area contributed by atoms with E-state index in [-0.39, 0.29) is 11.1 Å². The van der Waals surface area contributed by atoms with Gasteiger partial charge in [0.05, 0.1) is 42.5 Å². The van der Waals surface area contributed by atoms with Crippen molar-refractivity contribution in [2.24, 2.45) is 0 Å². The van der Waals surface area contributed by atoms with E-state index in [1.54, 1.807) is 33.5 Å². The lowest BCUT2D eigenvalue weighted by atomic mass is 10.1. The molecule has 0 atom stereocenters. The Balaban J connectivity index is 1.88. The first-order valence-corrected chi connectivity index (χ1v) is 11.7. The standard InChI is InChI=1S/C27H30N4O6/c1-29(2)12-13-30-20-10-7-9-19(24(20)26(32)18-8-6-11-21(25(18)30)31(33)34)28-16-17-14-22(35-3)27(37-5)23(15-17)36-4/h6-11,14-15,28H,12-13,16H2,1-5H3. The van der Waals surface area contributed by atoms with Crippen molar-refractivity contribution in [2.75, 3.05) is 47.3 Å². The maximum absolute atomic E-state index is 13.7. The number of likely N-dealkylation sites (N-methyl/N-ethyl adjacent to an activating group) is 1. The molecule has 0 aliphatic carbocycles. The van der Waals surface area contributed by atoms with Crippen LogP contribution in [0.4, 0.5) is 11.4 Å². The highest BCUT2D eigenvalue weighted by Gasteiger charge is 2.21. The predicted molar refractivity (Wildman–Crippen MR) is 144 cm³/mol. The number of para-hydroxylation sites is 1. The van der Waals surface area contributed by atoms with Gasteiger partial charge in [-0.25, -0.2) is 0 Å². The number of ether oxygens (including phenoxy) is 3. The van der Waals surface area contributed by atoms with E-state index in [1.807, 2.05) is 53.9 Å². The molecule has 0 amide bonds. The smallest absolute Gasteiger partial charge is 0.293 e. The number of benzene rings is 3. The number of hydrogen-bond acceptors (Lipinski definition) is 8. The fourth-order valence-electron chi connectivity index (χ4n) is 4.52. The van der Waals surface area contributed by atoms with Crippen molar-refractivity contribution in [3.63, 3.8) is 0 Å². The lowest BCUT2D eigenvalue weighted by Crippen LogP contribution is -2.21. The first-order valence-electron chi connectivity index (χ1n) is 11.7. The molecule has 0 radical (unpaired) electrons. The number of nitrogens with one attached hydrogen (secondary N) is 1. The highest BCUT2D eigenvalue weighted by Crippen LogP contribution is 2.38. The summed E-state index contributed by atoms with van der Waals surface area (Å²) in [4.78, 5) is 27.2. The number of fused-ring (bicyclic) bond motifs is 2. The van der Waals surface area contributed by atoms with Crippen LogP contribution in [0.3, 0.4) is 0 Å². The summed E-state index contributed by atoms with van der Waals surface area (Å²) in [7, 11) is 8.53. The molecule has 194 valence electrons. The fourth-order valence-corrected chi connectivity index (χ4v) is 4.52. The van der Waals surface area contributed by atoms with E-state index in [0.717, 1.165) is 5.56 Å². The first kappa shape index (κ1) is 25.8. The summed E-state index contributed by atoms with van der Waals surface area (Å²) < 4.78 is 18.2. The third-order valence-electron chi connectivity index (χ3n) is 6.26. The third-order valence-corrected chi connectivity index (χ3v) is 6.26. The zero-order chi connectivity index (χ0) is 26.7. The van der Waals surface area contributed by atoms with Crippen molar-refractivity contribution in [2.45, 2.75) is 13.1 Å². The Morgan fingerprint density at radius 2 is 1.68 bits per heavy atom. The number of anilines is 1. The Bertz CT molecular complexity index is 1500. The summed E-state index contributed by atoms with van der Waals surface area (Å²) in [5, 5.41) is 16.0. The summed E-state index contributed by atoms with van der Waals surface area (Å²) >= 11 is 0. The Kier molecular flexibility index (Phi) is 7.49. The Morgan fingerprint density at radius 1 is 1.00 bits per heavy atom. The van der Waals surface area contributed by atoms with Crippen molar-refractivity contribution < 1.29 is 19.1 Å². The molecule has 4 rings (SSSR count). The summed E-state index contributed by atoms with van der Waals surface area (Å²) in [6, 6.07) is 13.8. The molecule has 0 aliphatic heterocycles. The SMILES string of the molecule is COc1cc(CNc2cccc3c2c(=O)c2cccc([N+](=O)[O-])c2n3CCN(C)C)cc(OC)c1OC. The molecule has 4 aromatic rings. The van der Waals surface area contributed by atoms with Gasteiger partial charge in [0.25, 0.3) is 5.69 Å². The summed E-state index contributed by atoms with van der Waals surface area (Å²) in [6.07, 6.45) is 0. The Morgan fingerprint density at radius 3 is 2.27 bits per heavy atom. The van der Waals surface area contributed by atoms with Crippen LogP contribution in [0.15, 0.2) is 53.3 Å². The molecule has 10 heteroatoms. The van der Waals surface area contributed by atoms with Gasteiger partial charge in [-0.3, -0.25) is 14.9 Å². The molecule has 0 saturated heterocycles. The number of aromatic nitrogens is 1. The number of rotatable bonds is 10. The van der Waals surface area contributed by atoms with Gasteiger partial charge in [-0.15, -0.1) is 0 Å². The second kappa shape index (κ2) is 10.8. The quantitative estimate of drug-likeness (QED) is 0.193. The zero-order valence-corrected chi connectivity index (χ0v) is 21.5. The molecule has 0 fully saturated rings. The van der Waals surface area contributed by atoms with Crippen LogP contribution < -0.4 is 25.0 Å². The molecule has 0 bridgehead atoms. The third kappa shape index (κ3) is 4.88. The van der Waals surface area contributed by atoms with Gasteiger partial charge in [0, 0.05) is 31.4 Å². The molecule has 1 aromatic heterocycles. The van der Waals surface area contributed by atoms with Crippen LogP contribution >= 0.6 is 0 Å². The molecule has 0 aliphatic rings. The Hall–Kier alpha value is -4.31. The summed E-state index contributed by atoms with van der Waals surface area (Å²) in [5.74, 6) is 1.55. The minimum Gasteiger partial charge on any atom is -0.493 e. The van der Waals surface area contributed by atoms with Gasteiger partial charge in [-0.2, -0.15) is 0 Å². The van der Waals surface area contributed by atoms with E-state index in [4.69, 9.17) is 14.2 Å². The van der Waals surface area contributed by atoms with E-state index in [2.05, 4.69) is 5.32 Å².